The van der Waals surface area contributed by atoms with Crippen molar-refractivity contribution in [1.29, 1.82) is 0 Å². The van der Waals surface area contributed by atoms with Crippen LogP contribution in [0.15, 0.2) is 72.3 Å². The summed E-state index contributed by atoms with van der Waals surface area (Å²) >= 11 is 0. The molecule has 1 aliphatic heterocycles. The molecular weight excluding hydrogens is 992 g/mol. The molecule has 1 saturated heterocycles. The van der Waals surface area contributed by atoms with Gasteiger partial charge in [-0.3, -0.25) is 19.4 Å². The summed E-state index contributed by atoms with van der Waals surface area (Å²) in [4.78, 5) is 60.5. The van der Waals surface area contributed by atoms with Crippen molar-refractivity contribution in [2.24, 2.45) is 34.5 Å². The third kappa shape index (κ3) is 13.6. The fraction of sp³-hybridized carbons (Fsp3) is 0.678. The number of unbranched alkanes of at least 4 members (excludes halogenated alkanes) is 4. The van der Waals surface area contributed by atoms with Gasteiger partial charge in [-0.05, 0) is 131 Å². The Morgan fingerprint density at radius 1 is 0.961 bits per heavy atom. The van der Waals surface area contributed by atoms with E-state index in [9.17, 15) is 38.9 Å². The lowest BCUT2D eigenvalue weighted by molar-refractivity contribution is -0.906. The van der Waals surface area contributed by atoms with Crippen LogP contribution < -0.4 is 9.84 Å². The molecule has 17 heteroatoms. The monoisotopic (exact) mass is 1080 g/mol. The molecule has 5 unspecified atom stereocenters. The van der Waals surface area contributed by atoms with Crippen LogP contribution in [0.1, 0.15) is 140 Å². The first-order valence-corrected chi connectivity index (χ1v) is 29.8. The first-order valence-electron chi connectivity index (χ1n) is 28.2. The highest BCUT2D eigenvalue weighted by Gasteiger charge is 2.76. The van der Waals surface area contributed by atoms with Crippen LogP contribution in [-0.2, 0) is 50.8 Å². The summed E-state index contributed by atoms with van der Waals surface area (Å²) in [7, 11) is -1.20. The van der Waals surface area contributed by atoms with E-state index in [1.165, 1.54) is 11.6 Å². The Morgan fingerprint density at radius 2 is 1.70 bits per heavy atom. The van der Waals surface area contributed by atoms with Gasteiger partial charge in [0.25, 0.3) is 0 Å². The molecule has 0 radical (unpaired) electrons. The lowest BCUT2D eigenvalue weighted by atomic mass is 9.46. The molecule has 8 rings (SSSR count). The van der Waals surface area contributed by atoms with Crippen LogP contribution >= 0.6 is 7.82 Å². The second kappa shape index (κ2) is 25.1. The molecule has 2 aromatic rings. The molecule has 5 fully saturated rings. The third-order valence-electron chi connectivity index (χ3n) is 17.9. The number of quaternary nitrogens is 1. The number of benzene rings is 2. The summed E-state index contributed by atoms with van der Waals surface area (Å²) in [5.74, 6) is -0.494. The quantitative estimate of drug-likeness (QED) is 0.0257. The molecule has 0 amide bonds. The second-order valence-electron chi connectivity index (χ2n) is 24.0. The maximum Gasteiger partial charge on any atom is 0.524 e. The van der Waals surface area contributed by atoms with E-state index < -0.39 is 73.5 Å². The van der Waals surface area contributed by atoms with Crippen LogP contribution in [0.5, 0.6) is 5.75 Å². The Kier molecular flexibility index (Phi) is 19.3. The number of phosphoric ester groups is 1. The second-order valence-corrected chi connectivity index (χ2v) is 25.2. The van der Waals surface area contributed by atoms with Gasteiger partial charge in [0, 0.05) is 48.0 Å². The topological polar surface area (TPSA) is 217 Å². The molecular formula is C59H86N2O14P+. The van der Waals surface area contributed by atoms with Crippen LogP contribution in [0.3, 0.4) is 0 Å². The van der Waals surface area contributed by atoms with E-state index in [0.29, 0.717) is 17.5 Å². The predicted molar refractivity (Wildman–Crippen MR) is 286 cm³/mol. The zero-order chi connectivity index (χ0) is 54.3. The fourth-order valence-corrected chi connectivity index (χ4v) is 14.9. The minimum Gasteiger partial charge on any atom is -0.426 e. The Bertz CT molecular complexity index is 2420. The van der Waals surface area contributed by atoms with E-state index in [1.54, 1.807) is 31.2 Å². The molecule has 5 aliphatic carbocycles. The van der Waals surface area contributed by atoms with Crippen molar-refractivity contribution in [3.8, 4) is 5.75 Å². The normalized spacial score (nSPS) is 30.1. The van der Waals surface area contributed by atoms with Crippen LogP contribution in [0.2, 0.25) is 0 Å². The number of rotatable bonds is 26. The summed E-state index contributed by atoms with van der Waals surface area (Å²) in [6.07, 6.45) is 15.4. The van der Waals surface area contributed by atoms with Gasteiger partial charge >= 0.3 is 14.0 Å². The number of nitrogens with zero attached hydrogens (tertiary/aromatic N) is 1. The Morgan fingerprint density at radius 3 is 2.45 bits per heavy atom. The van der Waals surface area contributed by atoms with Gasteiger partial charge in [0.15, 0.2) is 30.4 Å². The molecule has 0 aromatic heterocycles. The number of likely N-dealkylation sites (N-methyl/N-ethyl adjacent to an activating group) is 1. The molecule has 420 valence electrons. The first kappa shape index (κ1) is 58.4. The van der Waals surface area contributed by atoms with Gasteiger partial charge in [0.2, 0.25) is 5.78 Å². The Hall–Kier alpha value is -3.80. The standard InChI is InChI=1S/C59H85N2O14P/c1-40(37-61(4,5)38-44-32-43(23-26-51(44)75-76(67,68)69)50(64)36-60-29-15-6-7-16-30-70-31-17-14-20-41-18-10-8-11-19-41)72-56(66)71-39-52(65)59-53(73-55(74-59)42-21-12-9-13-22-42)34-48-47-25-24-45-33-46(62)27-28-57(45,2)54(47)49(63)35-58(48,59)3/h8,10-11,18-19,23,26-28,32-33,40,42,47-50,53-55,60,63-64H,6-7,9,12-17,20-22,24-25,29-31,34-39H2,1-5H3,(H-,67,68,69)/p+1/t40?,47?,48?,49-,50?,53-,54?,55+,57-,58-,59+/m0/s1. The van der Waals surface area contributed by atoms with Crippen molar-refractivity contribution in [2.75, 3.05) is 53.6 Å². The summed E-state index contributed by atoms with van der Waals surface area (Å²) in [6.45, 7) is 8.22. The molecule has 11 atom stereocenters. The number of ether oxygens (including phenoxy) is 5. The molecule has 0 spiro atoms. The number of ketones is 2. The summed E-state index contributed by atoms with van der Waals surface area (Å²) < 4.78 is 48.4. The Labute approximate surface area is 450 Å². The molecule has 2 aromatic carbocycles. The van der Waals surface area contributed by atoms with Crippen molar-refractivity contribution in [3.05, 3.63) is 89.0 Å². The maximum absolute atomic E-state index is 15.0. The molecule has 76 heavy (non-hydrogen) atoms. The number of aryl methyl sites for hydroxylation is 1. The predicted octanol–water partition coefficient (Wildman–Crippen LogP) is 9.02. The minimum absolute atomic E-state index is 0.0296. The average molecular weight is 1080 g/mol. The summed E-state index contributed by atoms with van der Waals surface area (Å²) in [5.41, 5.74) is 0.606. The van der Waals surface area contributed by atoms with Gasteiger partial charge in [-0.2, -0.15) is 0 Å². The van der Waals surface area contributed by atoms with Gasteiger partial charge in [-0.1, -0.05) is 94.0 Å². The number of nitrogens with one attached hydrogen (secondary N) is 1. The molecule has 1 heterocycles. The van der Waals surface area contributed by atoms with E-state index in [-0.39, 0.29) is 65.7 Å². The van der Waals surface area contributed by atoms with Gasteiger partial charge < -0.3 is 48.2 Å². The van der Waals surface area contributed by atoms with Crippen LogP contribution in [0, 0.1) is 34.5 Å². The highest BCUT2D eigenvalue weighted by Crippen LogP contribution is 2.70. The first-order chi connectivity index (χ1) is 36.2. The van der Waals surface area contributed by atoms with Crippen molar-refractivity contribution in [1.82, 2.24) is 5.32 Å². The number of allylic oxidation sites excluding steroid dienone is 4. The van der Waals surface area contributed by atoms with E-state index in [0.717, 1.165) is 115 Å². The van der Waals surface area contributed by atoms with Crippen molar-refractivity contribution in [3.63, 3.8) is 0 Å². The fourth-order valence-electron chi connectivity index (χ4n) is 14.5. The van der Waals surface area contributed by atoms with Gasteiger partial charge in [-0.15, -0.1) is 0 Å². The average Bonchev–Trinajstić information content (AvgIpc) is 3.96. The van der Waals surface area contributed by atoms with Crippen molar-refractivity contribution in [2.45, 2.75) is 166 Å². The number of hydrogen-bond acceptors (Lipinski definition) is 13. The summed E-state index contributed by atoms with van der Waals surface area (Å²) in [5, 5.41) is 26.7. The van der Waals surface area contributed by atoms with E-state index in [1.807, 2.05) is 26.2 Å². The lowest BCUT2D eigenvalue weighted by Gasteiger charge is -2.59. The highest BCUT2D eigenvalue weighted by atomic mass is 31.2. The molecule has 16 nitrogen and oxygen atoms in total. The number of phosphoric acid groups is 1. The van der Waals surface area contributed by atoms with Crippen molar-refractivity contribution >= 4 is 25.5 Å². The molecule has 6 aliphatic rings. The van der Waals surface area contributed by atoms with E-state index >= 15 is 0 Å². The number of carbonyl (C=O) groups is 3. The van der Waals surface area contributed by atoms with Gasteiger partial charge in [0.1, 0.15) is 18.8 Å². The van der Waals surface area contributed by atoms with E-state index in [4.69, 9.17) is 28.2 Å². The highest BCUT2D eigenvalue weighted by molar-refractivity contribution is 7.46. The molecule has 4 saturated carbocycles. The van der Waals surface area contributed by atoms with Crippen LogP contribution in [0.25, 0.3) is 0 Å². The van der Waals surface area contributed by atoms with Gasteiger partial charge in [0.05, 0.1) is 32.4 Å². The SMILES string of the molecule is CC(C[N+](C)(C)Cc1cc(C(O)CNCCCCCCOCCCCc2ccccc2)ccc1OP(=O)(O)O)OC(=O)OCC(=O)[C@@]12O[C@H](C3CCCCC3)O[C@H]1CC1C3CCC4=CC(=O)C=C[C@]4(C)C3[C@@H](O)C[C@@]12C. The largest absolute Gasteiger partial charge is 0.524 e. The number of aliphatic hydroxyl groups excluding tert-OH is 2. The van der Waals surface area contributed by atoms with Crippen molar-refractivity contribution < 1.29 is 71.6 Å². The third-order valence-corrected chi connectivity index (χ3v) is 18.4. The minimum atomic E-state index is -4.94. The number of fused-ring (bicyclic) bond motifs is 7. The summed E-state index contributed by atoms with van der Waals surface area (Å²) in [6, 6.07) is 15.2. The smallest absolute Gasteiger partial charge is 0.426 e. The Balaban J connectivity index is 0.826. The van der Waals surface area contributed by atoms with Gasteiger partial charge in [-0.25, -0.2) is 9.36 Å². The molecule has 0 bridgehead atoms. The van der Waals surface area contributed by atoms with Crippen LogP contribution in [0.4, 0.5) is 4.79 Å². The zero-order valence-electron chi connectivity index (χ0n) is 45.6. The number of Topliss-reactive ketones (excluding diaryl/α,β-unsaturated/α-hetero) is 1. The van der Waals surface area contributed by atoms with Crippen LogP contribution in [-0.4, -0.2) is 126 Å². The lowest BCUT2D eigenvalue weighted by Crippen LogP contribution is -2.63. The number of aliphatic hydroxyl groups is 2. The molecule has 5 N–H and O–H groups in total. The maximum atomic E-state index is 15.0. The number of carbonyl (C=O) groups excluding carboxylic acids is 3. The zero-order valence-corrected chi connectivity index (χ0v) is 46.5. The van der Waals surface area contributed by atoms with E-state index in [2.05, 4.69) is 43.4 Å². The number of hydrogen-bond donors (Lipinski definition) is 5.